The third-order valence-corrected chi connectivity index (χ3v) is 3.90. The number of phosphoric ester groups is 1. The molecule has 0 aliphatic heterocycles. The first kappa shape index (κ1) is 19.0. The summed E-state index contributed by atoms with van der Waals surface area (Å²) >= 11 is 0. The van der Waals surface area contributed by atoms with Gasteiger partial charge in [0, 0.05) is 14.2 Å². The highest BCUT2D eigenvalue weighted by atomic mass is 31.2. The summed E-state index contributed by atoms with van der Waals surface area (Å²) in [6.07, 6.45) is -0.392. The Morgan fingerprint density at radius 3 is 2.32 bits per heavy atom. The molecule has 7 nitrogen and oxygen atoms in total. The zero-order chi connectivity index (χ0) is 14.9. The number of rotatable bonds is 11. The van der Waals surface area contributed by atoms with Crippen LogP contribution in [0.2, 0.25) is 0 Å². The molecule has 0 bridgehead atoms. The van der Waals surface area contributed by atoms with Crippen molar-refractivity contribution in [1.29, 1.82) is 0 Å². The van der Waals surface area contributed by atoms with Gasteiger partial charge in [0.05, 0.1) is 33.9 Å². The molecule has 2 unspecified atom stereocenters. The number of nitrogens with zero attached hydrogens (tertiary/aromatic N) is 1. The van der Waals surface area contributed by atoms with Crippen molar-refractivity contribution < 1.29 is 32.5 Å². The fourth-order valence-electron chi connectivity index (χ4n) is 1.15. The minimum atomic E-state index is -4.03. The Balaban J connectivity index is 4.01. The number of ether oxygens (including phenoxy) is 2. The van der Waals surface area contributed by atoms with E-state index in [2.05, 4.69) is 0 Å². The van der Waals surface area contributed by atoms with Crippen LogP contribution >= 0.6 is 7.82 Å². The summed E-state index contributed by atoms with van der Waals surface area (Å²) in [7, 11) is 3.02. The Morgan fingerprint density at radius 2 is 1.84 bits per heavy atom. The largest absolute Gasteiger partial charge is 0.472 e. The molecule has 0 saturated heterocycles. The number of likely N-dealkylation sites (N-methyl/N-ethyl adjacent to an activating group) is 1. The van der Waals surface area contributed by atoms with Gasteiger partial charge in [0.25, 0.3) is 0 Å². The summed E-state index contributed by atoms with van der Waals surface area (Å²) in [6, 6.07) is 0. The molecule has 0 fully saturated rings. The van der Waals surface area contributed by atoms with E-state index in [9.17, 15) is 9.46 Å². The third-order valence-electron chi connectivity index (χ3n) is 2.92. The van der Waals surface area contributed by atoms with E-state index in [1.54, 1.807) is 0 Å². The van der Waals surface area contributed by atoms with Crippen molar-refractivity contribution in [3.63, 3.8) is 0 Å². The first-order valence-corrected chi connectivity index (χ1v) is 7.71. The average molecular weight is 300 g/mol. The van der Waals surface area contributed by atoms with Gasteiger partial charge in [-0.25, -0.2) is 4.57 Å². The van der Waals surface area contributed by atoms with E-state index in [0.717, 1.165) is 6.54 Å². The molecule has 19 heavy (non-hydrogen) atoms. The van der Waals surface area contributed by atoms with Crippen LogP contribution in [0.3, 0.4) is 0 Å². The lowest BCUT2D eigenvalue weighted by Gasteiger charge is -2.28. The van der Waals surface area contributed by atoms with Gasteiger partial charge < -0.3 is 18.9 Å². The van der Waals surface area contributed by atoms with E-state index in [1.165, 1.54) is 14.2 Å². The molecule has 0 aromatic heterocycles. The van der Waals surface area contributed by atoms with Gasteiger partial charge in [0.15, 0.2) is 0 Å². The van der Waals surface area contributed by atoms with E-state index >= 15 is 0 Å². The van der Waals surface area contributed by atoms with Crippen LogP contribution < -0.4 is 0 Å². The molecule has 0 spiro atoms. The van der Waals surface area contributed by atoms with Gasteiger partial charge in [-0.1, -0.05) is 0 Å². The summed E-state index contributed by atoms with van der Waals surface area (Å²) in [6.45, 7) is 4.00. The van der Waals surface area contributed by atoms with E-state index < -0.39 is 13.9 Å². The smallest absolute Gasteiger partial charge is 0.382 e. The second-order valence-electron chi connectivity index (χ2n) is 4.89. The van der Waals surface area contributed by atoms with Crippen LogP contribution in [0.1, 0.15) is 6.92 Å². The minimum Gasteiger partial charge on any atom is -0.382 e. The second kappa shape index (κ2) is 9.02. The number of methoxy groups -OCH3 is 2. The van der Waals surface area contributed by atoms with Crippen LogP contribution in [0.15, 0.2) is 0 Å². The van der Waals surface area contributed by atoms with Gasteiger partial charge in [-0.15, -0.1) is 0 Å². The minimum absolute atomic E-state index is 0.0514. The van der Waals surface area contributed by atoms with Gasteiger partial charge in [0.1, 0.15) is 19.3 Å². The molecule has 0 aromatic rings. The Hall–Kier alpha value is -0.0100. The molecule has 1 N–H and O–H groups in total. The molecule has 2 atom stereocenters. The monoisotopic (exact) mass is 300 g/mol. The Morgan fingerprint density at radius 1 is 1.21 bits per heavy atom. The quantitative estimate of drug-likeness (QED) is 0.451. The van der Waals surface area contributed by atoms with Crippen molar-refractivity contribution in [1.82, 2.24) is 0 Å². The SMILES string of the molecule is CC[N+](C)(C)CCOP(=O)(O)OCC(COC)OC. The van der Waals surface area contributed by atoms with Gasteiger partial charge in [-0.05, 0) is 6.92 Å². The van der Waals surface area contributed by atoms with Crippen molar-refractivity contribution in [2.45, 2.75) is 13.0 Å². The molecule has 0 heterocycles. The maximum Gasteiger partial charge on any atom is 0.472 e. The Bertz CT molecular complexity index is 286. The molecule has 8 heteroatoms. The molecule has 0 saturated carbocycles. The Labute approximate surface area is 115 Å². The molecular formula is C11H27NO6P+. The first-order valence-electron chi connectivity index (χ1n) is 6.22. The predicted molar refractivity (Wildman–Crippen MR) is 71.9 cm³/mol. The van der Waals surface area contributed by atoms with E-state index in [0.29, 0.717) is 11.0 Å². The number of hydrogen-bond donors (Lipinski definition) is 1. The van der Waals surface area contributed by atoms with Crippen LogP contribution in [0.4, 0.5) is 0 Å². The van der Waals surface area contributed by atoms with Crippen molar-refractivity contribution in [2.24, 2.45) is 0 Å². The number of phosphoric acid groups is 1. The van der Waals surface area contributed by atoms with Crippen LogP contribution in [-0.4, -0.2) is 76.7 Å². The molecule has 0 rings (SSSR count). The summed E-state index contributed by atoms with van der Waals surface area (Å²) in [5, 5.41) is 0. The van der Waals surface area contributed by atoms with E-state index in [1.807, 2.05) is 21.0 Å². The van der Waals surface area contributed by atoms with Crippen molar-refractivity contribution in [3.05, 3.63) is 0 Å². The molecule has 0 radical (unpaired) electrons. The average Bonchev–Trinajstić information content (AvgIpc) is 2.34. The van der Waals surface area contributed by atoms with Crippen LogP contribution in [0, 0.1) is 0 Å². The summed E-state index contributed by atoms with van der Waals surface area (Å²) in [5.41, 5.74) is 0. The zero-order valence-electron chi connectivity index (χ0n) is 12.5. The van der Waals surface area contributed by atoms with Crippen LogP contribution in [0.5, 0.6) is 0 Å². The maximum atomic E-state index is 11.6. The third kappa shape index (κ3) is 9.51. The van der Waals surface area contributed by atoms with Crippen molar-refractivity contribution in [2.75, 3.05) is 61.2 Å². The normalized spacial score (nSPS) is 17.2. The zero-order valence-corrected chi connectivity index (χ0v) is 13.4. The van der Waals surface area contributed by atoms with Crippen molar-refractivity contribution >= 4 is 7.82 Å². The van der Waals surface area contributed by atoms with Gasteiger partial charge in [-0.2, -0.15) is 0 Å². The van der Waals surface area contributed by atoms with Crippen LogP contribution in [0.25, 0.3) is 0 Å². The summed E-state index contributed by atoms with van der Waals surface area (Å²) in [5.74, 6) is 0. The first-order chi connectivity index (χ1) is 8.76. The topological polar surface area (TPSA) is 74.2 Å². The lowest BCUT2D eigenvalue weighted by atomic mass is 10.4. The highest BCUT2D eigenvalue weighted by molar-refractivity contribution is 7.47. The lowest BCUT2D eigenvalue weighted by molar-refractivity contribution is -0.888. The predicted octanol–water partition coefficient (Wildman–Crippen LogP) is 0.878. The maximum absolute atomic E-state index is 11.6. The second-order valence-corrected chi connectivity index (χ2v) is 6.34. The molecule has 0 aliphatic carbocycles. The van der Waals surface area contributed by atoms with E-state index in [4.69, 9.17) is 18.5 Å². The number of hydrogen-bond acceptors (Lipinski definition) is 5. The number of quaternary nitrogens is 1. The van der Waals surface area contributed by atoms with Gasteiger partial charge in [0.2, 0.25) is 0 Å². The Kier molecular flexibility index (Phi) is 9.02. The summed E-state index contributed by atoms with van der Waals surface area (Å²) < 4.78 is 32.0. The van der Waals surface area contributed by atoms with Crippen molar-refractivity contribution in [3.8, 4) is 0 Å². The molecule has 0 aromatic carbocycles. The molecular weight excluding hydrogens is 273 g/mol. The highest BCUT2D eigenvalue weighted by Gasteiger charge is 2.24. The fraction of sp³-hybridized carbons (Fsp3) is 1.00. The summed E-state index contributed by atoms with van der Waals surface area (Å²) in [4.78, 5) is 9.50. The highest BCUT2D eigenvalue weighted by Crippen LogP contribution is 2.43. The molecule has 0 amide bonds. The van der Waals surface area contributed by atoms with E-state index in [-0.39, 0.29) is 19.8 Å². The standard InChI is InChI=1S/C11H26NO6P/c1-6-12(2,3)7-8-17-19(13,14)18-10-11(16-5)9-15-4/h11H,6-10H2,1-5H3/p+1. The molecule has 116 valence electrons. The molecule has 0 aliphatic rings. The lowest BCUT2D eigenvalue weighted by Crippen LogP contribution is -2.41. The van der Waals surface area contributed by atoms with Crippen LogP contribution in [-0.2, 0) is 23.1 Å². The van der Waals surface area contributed by atoms with Gasteiger partial charge >= 0.3 is 7.82 Å². The fourth-order valence-corrected chi connectivity index (χ4v) is 1.89. The van der Waals surface area contributed by atoms with Gasteiger partial charge in [-0.3, -0.25) is 9.05 Å².